The van der Waals surface area contributed by atoms with E-state index in [1.165, 1.54) is 41.5 Å². The van der Waals surface area contributed by atoms with Crippen molar-refractivity contribution in [2.24, 2.45) is 0 Å². The fraction of sp³-hybridized carbons (Fsp3) is 0.231. The van der Waals surface area contributed by atoms with E-state index >= 15 is 0 Å². The summed E-state index contributed by atoms with van der Waals surface area (Å²) in [6.45, 7) is 2.58. The summed E-state index contributed by atoms with van der Waals surface area (Å²) in [5, 5.41) is 10.8. The van der Waals surface area contributed by atoms with Gasteiger partial charge in [-0.25, -0.2) is 4.39 Å². The van der Waals surface area contributed by atoms with Gasteiger partial charge >= 0.3 is 0 Å². The van der Waals surface area contributed by atoms with Crippen molar-refractivity contribution in [1.29, 1.82) is 0 Å². The predicted octanol–water partition coefficient (Wildman–Crippen LogP) is 4.81. The molecule has 0 aliphatic heterocycles. The quantitative estimate of drug-likeness (QED) is 0.223. The van der Waals surface area contributed by atoms with Crippen LogP contribution in [0, 0.1) is 15.9 Å². The van der Waals surface area contributed by atoms with E-state index in [0.29, 0.717) is 24.3 Å². The third-order valence-corrected chi connectivity index (χ3v) is 5.22. The zero-order chi connectivity index (χ0) is 25.2. The van der Waals surface area contributed by atoms with Crippen LogP contribution in [-0.4, -0.2) is 39.6 Å². The second kappa shape index (κ2) is 12.3. The minimum atomic E-state index is -0.492. The van der Waals surface area contributed by atoms with Gasteiger partial charge in [0.05, 0.1) is 17.7 Å². The number of furan rings is 1. The van der Waals surface area contributed by atoms with Crippen LogP contribution in [0.25, 0.3) is 6.08 Å². The molecule has 0 radical (unpaired) electrons. The molecule has 0 atom stereocenters. The number of hydrogen-bond acceptors (Lipinski definition) is 5. The Labute approximate surface area is 202 Å². The molecular weight excluding hydrogens is 453 g/mol. The zero-order valence-electron chi connectivity index (χ0n) is 19.3. The first-order valence-electron chi connectivity index (χ1n) is 11.1. The maximum atomic E-state index is 13.3. The topological polar surface area (TPSA) is 96.9 Å². The molecule has 0 saturated heterocycles. The van der Waals surface area contributed by atoms with Crippen LogP contribution in [0.4, 0.5) is 10.1 Å². The van der Waals surface area contributed by atoms with Crippen molar-refractivity contribution in [3.8, 4) is 0 Å². The highest BCUT2D eigenvalue weighted by Crippen LogP contribution is 2.15. The van der Waals surface area contributed by atoms with Gasteiger partial charge in [0.25, 0.3) is 5.69 Å². The van der Waals surface area contributed by atoms with Gasteiger partial charge in [0.2, 0.25) is 11.8 Å². The Bertz CT molecular complexity index is 1160. The molecule has 3 aromatic rings. The molecule has 8 nitrogen and oxygen atoms in total. The number of carbonyl (C=O) groups excluding carboxylic acids is 2. The fourth-order valence-corrected chi connectivity index (χ4v) is 3.41. The number of hydrogen-bond donors (Lipinski definition) is 0. The van der Waals surface area contributed by atoms with Crippen molar-refractivity contribution in [2.75, 3.05) is 13.1 Å². The predicted molar refractivity (Wildman–Crippen MR) is 128 cm³/mol. The summed E-state index contributed by atoms with van der Waals surface area (Å²) in [5.74, 6) is -0.404. The van der Waals surface area contributed by atoms with Crippen LogP contribution in [0.5, 0.6) is 0 Å². The third kappa shape index (κ3) is 7.63. The lowest BCUT2D eigenvalue weighted by atomic mass is 10.2. The van der Waals surface area contributed by atoms with Crippen LogP contribution in [0.15, 0.2) is 77.4 Å². The molecular formula is C26H26FN3O5. The normalized spacial score (nSPS) is 10.9. The zero-order valence-corrected chi connectivity index (χ0v) is 19.3. The summed E-state index contributed by atoms with van der Waals surface area (Å²) in [5.41, 5.74) is 1.34. The van der Waals surface area contributed by atoms with Crippen molar-refractivity contribution in [1.82, 2.24) is 9.80 Å². The highest BCUT2D eigenvalue weighted by Gasteiger charge is 2.21. The minimum Gasteiger partial charge on any atom is -0.467 e. The van der Waals surface area contributed by atoms with Gasteiger partial charge in [-0.2, -0.15) is 0 Å². The summed E-state index contributed by atoms with van der Waals surface area (Å²) in [7, 11) is 0. The molecule has 0 bridgehead atoms. The van der Waals surface area contributed by atoms with Crippen LogP contribution in [0.3, 0.4) is 0 Å². The molecule has 3 rings (SSSR count). The molecule has 9 heteroatoms. The molecule has 2 amide bonds. The van der Waals surface area contributed by atoms with E-state index in [4.69, 9.17) is 4.42 Å². The van der Waals surface area contributed by atoms with Crippen LogP contribution < -0.4 is 0 Å². The standard InChI is InChI=1S/C26H26FN3O5/c1-2-15-28(25(31)14-9-20-7-12-23(13-8-20)30(33)34)19-26(32)29(18-24-4-3-16-35-24)17-21-5-10-22(27)11-6-21/h3-14,16H,2,15,17-19H2,1H3/b14-9+. The first kappa shape index (κ1) is 25.4. The van der Waals surface area contributed by atoms with Gasteiger partial charge < -0.3 is 14.2 Å². The largest absolute Gasteiger partial charge is 0.467 e. The highest BCUT2D eigenvalue weighted by molar-refractivity contribution is 5.94. The van der Waals surface area contributed by atoms with E-state index in [1.54, 1.807) is 47.4 Å². The molecule has 0 unspecified atom stereocenters. The van der Waals surface area contributed by atoms with Crippen LogP contribution in [-0.2, 0) is 22.7 Å². The first-order valence-corrected chi connectivity index (χ1v) is 11.1. The van der Waals surface area contributed by atoms with Gasteiger partial charge in [0.15, 0.2) is 0 Å². The second-order valence-electron chi connectivity index (χ2n) is 7.90. The number of rotatable bonds is 11. The monoisotopic (exact) mass is 479 g/mol. The van der Waals surface area contributed by atoms with Gasteiger partial charge in [-0.1, -0.05) is 19.1 Å². The third-order valence-electron chi connectivity index (χ3n) is 5.22. The molecule has 0 saturated carbocycles. The molecule has 2 aromatic carbocycles. The van der Waals surface area contributed by atoms with E-state index < -0.39 is 4.92 Å². The minimum absolute atomic E-state index is 0.0375. The van der Waals surface area contributed by atoms with Crippen molar-refractivity contribution in [2.45, 2.75) is 26.4 Å². The Morgan fingerprint density at radius 1 is 1.03 bits per heavy atom. The number of benzene rings is 2. The average molecular weight is 480 g/mol. The number of nitro benzene ring substituents is 1. The maximum absolute atomic E-state index is 13.3. The van der Waals surface area contributed by atoms with Gasteiger partial charge in [-0.15, -0.1) is 0 Å². The van der Waals surface area contributed by atoms with E-state index in [1.807, 2.05) is 6.92 Å². The summed E-state index contributed by atoms with van der Waals surface area (Å²) in [4.78, 5) is 39.4. The van der Waals surface area contributed by atoms with Crippen LogP contribution >= 0.6 is 0 Å². The SMILES string of the molecule is CCCN(CC(=O)N(Cc1ccc(F)cc1)Cc1ccco1)C(=O)/C=C/c1ccc([N+](=O)[O-])cc1. The highest BCUT2D eigenvalue weighted by atomic mass is 19.1. The van der Waals surface area contributed by atoms with Crippen molar-refractivity contribution >= 4 is 23.6 Å². The fourth-order valence-electron chi connectivity index (χ4n) is 3.41. The number of amides is 2. The molecule has 1 heterocycles. The Kier molecular flexibility index (Phi) is 8.89. The molecule has 0 fully saturated rings. The number of nitro groups is 1. The number of halogens is 1. The molecule has 1 aromatic heterocycles. The summed E-state index contributed by atoms with van der Waals surface area (Å²) < 4.78 is 18.7. The smallest absolute Gasteiger partial charge is 0.269 e. The van der Waals surface area contributed by atoms with Crippen molar-refractivity contribution in [3.05, 3.63) is 106 Å². The second-order valence-corrected chi connectivity index (χ2v) is 7.90. The Balaban J connectivity index is 1.71. The number of nitrogens with zero attached hydrogens (tertiary/aromatic N) is 3. The van der Waals surface area contributed by atoms with Gasteiger partial charge in [0.1, 0.15) is 18.1 Å². The van der Waals surface area contributed by atoms with E-state index in [9.17, 15) is 24.1 Å². The van der Waals surface area contributed by atoms with E-state index in [2.05, 4.69) is 0 Å². The lowest BCUT2D eigenvalue weighted by molar-refractivity contribution is -0.384. The first-order chi connectivity index (χ1) is 16.9. The Morgan fingerprint density at radius 3 is 2.34 bits per heavy atom. The average Bonchev–Trinajstić information content (AvgIpc) is 3.36. The van der Waals surface area contributed by atoms with E-state index in [0.717, 1.165) is 5.56 Å². The summed E-state index contributed by atoms with van der Waals surface area (Å²) >= 11 is 0. The number of non-ortho nitro benzene ring substituents is 1. The van der Waals surface area contributed by atoms with Crippen molar-refractivity contribution < 1.29 is 23.3 Å². The van der Waals surface area contributed by atoms with Crippen LogP contribution in [0.2, 0.25) is 0 Å². The molecule has 35 heavy (non-hydrogen) atoms. The summed E-state index contributed by atoms with van der Waals surface area (Å²) in [6, 6.07) is 15.2. The van der Waals surface area contributed by atoms with E-state index in [-0.39, 0.29) is 43.0 Å². The Hall–Kier alpha value is -4.27. The molecule has 0 N–H and O–H groups in total. The maximum Gasteiger partial charge on any atom is 0.269 e. The number of carbonyl (C=O) groups is 2. The van der Waals surface area contributed by atoms with Crippen LogP contribution in [0.1, 0.15) is 30.2 Å². The lowest BCUT2D eigenvalue weighted by Crippen LogP contribution is -2.42. The molecule has 0 aliphatic carbocycles. The molecule has 182 valence electrons. The molecule has 0 aliphatic rings. The van der Waals surface area contributed by atoms with Gasteiger partial charge in [0, 0.05) is 31.3 Å². The Morgan fingerprint density at radius 2 is 1.74 bits per heavy atom. The van der Waals surface area contributed by atoms with Gasteiger partial charge in [-0.05, 0) is 60.0 Å². The van der Waals surface area contributed by atoms with Gasteiger partial charge in [-0.3, -0.25) is 19.7 Å². The lowest BCUT2D eigenvalue weighted by Gasteiger charge is -2.26. The van der Waals surface area contributed by atoms with Crippen molar-refractivity contribution in [3.63, 3.8) is 0 Å². The molecule has 0 spiro atoms. The summed E-state index contributed by atoms with van der Waals surface area (Å²) in [6.07, 6.45) is 5.08.